The van der Waals surface area contributed by atoms with Gasteiger partial charge in [0.25, 0.3) is 0 Å². The largest absolute Gasteiger partial charge is 0.452 e. The van der Waals surface area contributed by atoms with E-state index in [9.17, 15) is 21.6 Å². The molecule has 0 spiro atoms. The van der Waals surface area contributed by atoms with E-state index in [-0.39, 0.29) is 22.7 Å². The molecule has 1 aliphatic heterocycles. The van der Waals surface area contributed by atoms with Crippen molar-refractivity contribution < 1.29 is 26.1 Å². The van der Waals surface area contributed by atoms with E-state index in [4.69, 9.17) is 0 Å². The van der Waals surface area contributed by atoms with E-state index in [0.717, 1.165) is 17.2 Å². The number of nitrogens with zero attached hydrogens (tertiary/aromatic N) is 2. The molecule has 9 heteroatoms. The van der Waals surface area contributed by atoms with Gasteiger partial charge in [-0.1, -0.05) is 53.7 Å². The molecule has 1 aromatic heterocycles. The summed E-state index contributed by atoms with van der Waals surface area (Å²) < 4.78 is 70.7. The van der Waals surface area contributed by atoms with Gasteiger partial charge in [-0.25, -0.2) is 8.42 Å². The monoisotopic (exact) mass is 448 g/mol. The first kappa shape index (κ1) is 21.3. The van der Waals surface area contributed by atoms with Crippen LogP contribution in [0.2, 0.25) is 0 Å². The summed E-state index contributed by atoms with van der Waals surface area (Å²) in [5, 5.41) is 3.45. The van der Waals surface area contributed by atoms with Gasteiger partial charge in [-0.15, -0.1) is 0 Å². The Kier molecular flexibility index (Phi) is 5.49. The quantitative estimate of drug-likeness (QED) is 0.554. The van der Waals surface area contributed by atoms with Crippen LogP contribution >= 0.6 is 0 Å². The third-order valence-electron chi connectivity index (χ3n) is 5.21. The molecule has 0 bridgehead atoms. The number of alkyl halides is 3. The first-order chi connectivity index (χ1) is 14.7. The Hall–Kier alpha value is -2.91. The number of hydrogen-bond donors (Lipinski definition) is 0. The highest BCUT2D eigenvalue weighted by atomic mass is 32.2. The SMILES string of the molecule is Cc1ccc(-c2cc(C(F)(F)F)on2)cc1S(=O)(=O)N1CC=C(c2ccccc2)CC1. The average Bonchev–Trinajstić information content (AvgIpc) is 3.26. The first-order valence-electron chi connectivity index (χ1n) is 9.56. The molecule has 162 valence electrons. The van der Waals surface area contributed by atoms with Crippen LogP contribution in [0.5, 0.6) is 0 Å². The van der Waals surface area contributed by atoms with Crippen LogP contribution in [-0.4, -0.2) is 31.0 Å². The van der Waals surface area contributed by atoms with Gasteiger partial charge in [0, 0.05) is 24.7 Å². The van der Waals surface area contributed by atoms with Crippen molar-refractivity contribution in [2.24, 2.45) is 0 Å². The molecule has 0 fully saturated rings. The van der Waals surface area contributed by atoms with Gasteiger partial charge in [-0.2, -0.15) is 17.5 Å². The van der Waals surface area contributed by atoms with Crippen molar-refractivity contribution in [2.75, 3.05) is 13.1 Å². The number of rotatable bonds is 4. The maximum absolute atomic E-state index is 13.3. The van der Waals surface area contributed by atoms with Crippen molar-refractivity contribution in [3.05, 3.63) is 77.6 Å². The van der Waals surface area contributed by atoms with Gasteiger partial charge in [-0.3, -0.25) is 0 Å². The lowest BCUT2D eigenvalue weighted by atomic mass is 10.0. The van der Waals surface area contributed by atoms with Crippen molar-refractivity contribution in [3.8, 4) is 11.3 Å². The molecule has 5 nitrogen and oxygen atoms in total. The van der Waals surface area contributed by atoms with Gasteiger partial charge in [0.2, 0.25) is 15.8 Å². The van der Waals surface area contributed by atoms with Gasteiger partial charge in [0.05, 0.1) is 4.90 Å². The smallest absolute Gasteiger partial charge is 0.351 e. The molecule has 0 N–H and O–H groups in total. The fraction of sp³-hybridized carbons (Fsp3) is 0.227. The normalized spacial score (nSPS) is 15.7. The minimum absolute atomic E-state index is 0.0399. The summed E-state index contributed by atoms with van der Waals surface area (Å²) in [6, 6.07) is 14.9. The standard InChI is InChI=1S/C22H19F3N2O3S/c1-15-7-8-18(19-14-21(30-26-19)22(23,24)25)13-20(15)31(28,29)27-11-9-17(10-12-27)16-5-3-2-4-6-16/h2-9,13-14H,10-12H2,1H3. The summed E-state index contributed by atoms with van der Waals surface area (Å²) in [7, 11) is -3.84. The predicted molar refractivity (Wildman–Crippen MR) is 109 cm³/mol. The Labute approximate surface area is 177 Å². The molecule has 31 heavy (non-hydrogen) atoms. The number of halogens is 3. The average molecular weight is 448 g/mol. The van der Waals surface area contributed by atoms with E-state index < -0.39 is 22.0 Å². The second kappa shape index (κ2) is 7.97. The molecule has 0 amide bonds. The Morgan fingerprint density at radius 3 is 2.39 bits per heavy atom. The van der Waals surface area contributed by atoms with Crippen molar-refractivity contribution in [3.63, 3.8) is 0 Å². The zero-order chi connectivity index (χ0) is 22.2. The molecule has 1 aliphatic rings. The molecule has 0 aliphatic carbocycles. The minimum Gasteiger partial charge on any atom is -0.351 e. The van der Waals surface area contributed by atoms with Gasteiger partial charge in [-0.05, 0) is 36.1 Å². The number of sulfonamides is 1. The van der Waals surface area contributed by atoms with E-state index in [1.807, 2.05) is 36.4 Å². The summed E-state index contributed by atoms with van der Waals surface area (Å²) in [5.41, 5.74) is 2.81. The van der Waals surface area contributed by atoms with E-state index in [0.29, 0.717) is 18.5 Å². The lowest BCUT2D eigenvalue weighted by Gasteiger charge is -2.26. The van der Waals surface area contributed by atoms with Crippen LogP contribution in [0.25, 0.3) is 16.8 Å². The zero-order valence-corrected chi connectivity index (χ0v) is 17.4. The maximum atomic E-state index is 13.3. The maximum Gasteiger partial charge on any atom is 0.452 e. The molecule has 0 unspecified atom stereocenters. The second-order valence-corrected chi connectivity index (χ2v) is 9.17. The molecule has 3 aromatic rings. The number of aromatic nitrogens is 1. The summed E-state index contributed by atoms with van der Waals surface area (Å²) in [5.74, 6) is -1.23. The molecule has 0 saturated carbocycles. The Morgan fingerprint density at radius 1 is 1.03 bits per heavy atom. The molecule has 2 heterocycles. The van der Waals surface area contributed by atoms with Crippen LogP contribution in [0.4, 0.5) is 13.2 Å². The predicted octanol–water partition coefficient (Wildman–Crippen LogP) is 5.15. The summed E-state index contributed by atoms with van der Waals surface area (Å²) >= 11 is 0. The fourth-order valence-corrected chi connectivity index (χ4v) is 5.14. The summed E-state index contributed by atoms with van der Waals surface area (Å²) in [6.07, 6.45) is -2.20. The van der Waals surface area contributed by atoms with Crippen LogP contribution in [0.15, 0.2) is 70.1 Å². The molecular weight excluding hydrogens is 429 g/mol. The Morgan fingerprint density at radius 2 is 1.77 bits per heavy atom. The van der Waals surface area contributed by atoms with Gasteiger partial charge < -0.3 is 4.52 Å². The highest BCUT2D eigenvalue weighted by Gasteiger charge is 2.36. The summed E-state index contributed by atoms with van der Waals surface area (Å²) in [4.78, 5) is 0.0399. The molecule has 0 saturated heterocycles. The van der Waals surface area contributed by atoms with Crippen molar-refractivity contribution >= 4 is 15.6 Å². The van der Waals surface area contributed by atoms with Crippen LogP contribution in [0.1, 0.15) is 23.3 Å². The molecule has 0 radical (unpaired) electrons. The van der Waals surface area contributed by atoms with Crippen molar-refractivity contribution in [1.29, 1.82) is 0 Å². The molecule has 0 atom stereocenters. The Bertz CT molecular complexity index is 1230. The second-order valence-electron chi connectivity index (χ2n) is 7.26. The molecule has 4 rings (SSSR count). The number of benzene rings is 2. The lowest BCUT2D eigenvalue weighted by molar-refractivity contribution is -0.155. The fourth-order valence-electron chi connectivity index (χ4n) is 3.50. The van der Waals surface area contributed by atoms with Gasteiger partial charge in [0.1, 0.15) is 5.69 Å². The lowest BCUT2D eigenvalue weighted by Crippen LogP contribution is -2.35. The number of aryl methyl sites for hydroxylation is 1. The minimum atomic E-state index is -4.67. The highest BCUT2D eigenvalue weighted by Crippen LogP contribution is 2.34. The van der Waals surface area contributed by atoms with Gasteiger partial charge in [0.15, 0.2) is 0 Å². The van der Waals surface area contributed by atoms with E-state index in [2.05, 4.69) is 9.68 Å². The van der Waals surface area contributed by atoms with Crippen LogP contribution < -0.4 is 0 Å². The third-order valence-corrected chi connectivity index (χ3v) is 7.21. The number of hydrogen-bond acceptors (Lipinski definition) is 4. The third kappa shape index (κ3) is 4.28. The van der Waals surface area contributed by atoms with Crippen LogP contribution in [0.3, 0.4) is 0 Å². The highest BCUT2D eigenvalue weighted by molar-refractivity contribution is 7.89. The van der Waals surface area contributed by atoms with Crippen molar-refractivity contribution in [1.82, 2.24) is 9.46 Å². The van der Waals surface area contributed by atoms with E-state index in [1.165, 1.54) is 16.4 Å². The molecule has 2 aromatic carbocycles. The van der Waals surface area contributed by atoms with E-state index >= 15 is 0 Å². The summed E-state index contributed by atoms with van der Waals surface area (Å²) in [6.45, 7) is 2.18. The van der Waals surface area contributed by atoms with Crippen LogP contribution in [-0.2, 0) is 16.2 Å². The first-order valence-corrected chi connectivity index (χ1v) is 11.0. The topological polar surface area (TPSA) is 63.4 Å². The Balaban J connectivity index is 1.62. The zero-order valence-electron chi connectivity index (χ0n) is 16.6. The van der Waals surface area contributed by atoms with Crippen LogP contribution in [0, 0.1) is 6.92 Å². The van der Waals surface area contributed by atoms with Crippen molar-refractivity contribution in [2.45, 2.75) is 24.4 Å². The van der Waals surface area contributed by atoms with Gasteiger partial charge >= 0.3 is 6.18 Å². The molecular formula is C22H19F3N2O3S. The van der Waals surface area contributed by atoms with E-state index in [1.54, 1.807) is 13.0 Å².